The maximum Gasteiger partial charge on any atom is 0.163 e. The molecule has 0 spiro atoms. The molecule has 4 heteroatoms. The summed E-state index contributed by atoms with van der Waals surface area (Å²) in [7, 11) is 0. The van der Waals surface area contributed by atoms with Crippen LogP contribution in [-0.4, -0.2) is 30.1 Å². The number of Topliss-reactive ketones (excluding diaryl/α,β-unsaturated/α-hetero) is 2. The molecule has 1 rings (SSSR count). The van der Waals surface area contributed by atoms with Gasteiger partial charge in [-0.3, -0.25) is 9.59 Å². The summed E-state index contributed by atoms with van der Waals surface area (Å²) in [6.45, 7) is 9.95. The van der Waals surface area contributed by atoms with Crippen molar-refractivity contribution < 1.29 is 19.1 Å². The minimum Gasteiger partial charge on any atom is -0.350 e. The van der Waals surface area contributed by atoms with E-state index in [1.165, 1.54) is 0 Å². The SMILES string of the molecule is CCC(=O)CCC(=O)C(C)(C)C1CCOC(C)(C)O1. The largest absolute Gasteiger partial charge is 0.350 e. The van der Waals surface area contributed by atoms with Crippen LogP contribution in [0.4, 0.5) is 0 Å². The molecule has 1 unspecified atom stereocenters. The van der Waals surface area contributed by atoms with Gasteiger partial charge in [0.05, 0.1) is 12.7 Å². The Morgan fingerprint density at radius 2 is 1.89 bits per heavy atom. The Bertz CT molecular complexity index is 344. The van der Waals surface area contributed by atoms with Crippen molar-refractivity contribution >= 4 is 11.6 Å². The Hall–Kier alpha value is -0.740. The monoisotopic (exact) mass is 270 g/mol. The van der Waals surface area contributed by atoms with E-state index in [-0.39, 0.29) is 17.7 Å². The number of hydrogen-bond donors (Lipinski definition) is 0. The summed E-state index contributed by atoms with van der Waals surface area (Å²) in [4.78, 5) is 23.6. The van der Waals surface area contributed by atoms with Crippen LogP contribution in [0.1, 0.15) is 60.3 Å². The van der Waals surface area contributed by atoms with Crippen LogP contribution < -0.4 is 0 Å². The summed E-state index contributed by atoms with van der Waals surface area (Å²) < 4.78 is 11.4. The van der Waals surface area contributed by atoms with Crippen molar-refractivity contribution in [3.05, 3.63) is 0 Å². The van der Waals surface area contributed by atoms with Crippen LogP contribution in [0.3, 0.4) is 0 Å². The molecule has 0 aromatic carbocycles. The lowest BCUT2D eigenvalue weighted by Gasteiger charge is -2.42. The molecule has 0 saturated carbocycles. The van der Waals surface area contributed by atoms with Crippen LogP contribution in [0.5, 0.6) is 0 Å². The Morgan fingerprint density at radius 3 is 2.42 bits per heavy atom. The van der Waals surface area contributed by atoms with Gasteiger partial charge in [-0.25, -0.2) is 0 Å². The molecule has 0 radical (unpaired) electrons. The zero-order chi connectivity index (χ0) is 14.7. The maximum absolute atomic E-state index is 12.3. The molecular formula is C15H26O4. The van der Waals surface area contributed by atoms with Crippen molar-refractivity contribution in [3.8, 4) is 0 Å². The number of ketones is 2. The second-order valence-electron chi connectivity index (χ2n) is 6.18. The first-order valence-corrected chi connectivity index (χ1v) is 7.06. The molecular weight excluding hydrogens is 244 g/mol. The van der Waals surface area contributed by atoms with Crippen LogP contribution in [-0.2, 0) is 19.1 Å². The fraction of sp³-hybridized carbons (Fsp3) is 0.867. The number of rotatable bonds is 6. The summed E-state index contributed by atoms with van der Waals surface area (Å²) in [6.07, 6.45) is 1.70. The number of carbonyl (C=O) groups excluding carboxylic acids is 2. The Balaban J connectivity index is 2.63. The molecule has 0 N–H and O–H groups in total. The van der Waals surface area contributed by atoms with E-state index in [9.17, 15) is 9.59 Å². The molecule has 1 aliphatic rings. The van der Waals surface area contributed by atoms with Gasteiger partial charge in [-0.1, -0.05) is 20.8 Å². The molecule has 110 valence electrons. The normalized spacial score (nSPS) is 23.1. The highest BCUT2D eigenvalue weighted by Gasteiger charge is 2.42. The van der Waals surface area contributed by atoms with E-state index < -0.39 is 11.2 Å². The number of hydrogen-bond acceptors (Lipinski definition) is 4. The molecule has 0 bridgehead atoms. The van der Waals surface area contributed by atoms with E-state index >= 15 is 0 Å². The van der Waals surface area contributed by atoms with Gasteiger partial charge in [0.2, 0.25) is 0 Å². The van der Waals surface area contributed by atoms with E-state index in [1.54, 1.807) is 0 Å². The van der Waals surface area contributed by atoms with Crippen molar-refractivity contribution in [2.45, 2.75) is 72.2 Å². The molecule has 0 aromatic rings. The zero-order valence-corrected chi connectivity index (χ0v) is 12.7. The van der Waals surface area contributed by atoms with Crippen LogP contribution in [0.2, 0.25) is 0 Å². The highest BCUT2D eigenvalue weighted by Crippen LogP contribution is 2.35. The highest BCUT2D eigenvalue weighted by atomic mass is 16.7. The first-order chi connectivity index (χ1) is 8.69. The standard InChI is InChI=1S/C15H26O4/c1-6-11(16)7-8-12(17)14(2,3)13-9-10-18-15(4,5)19-13/h13H,6-10H2,1-5H3. The molecule has 4 nitrogen and oxygen atoms in total. The Morgan fingerprint density at radius 1 is 1.26 bits per heavy atom. The van der Waals surface area contributed by atoms with Gasteiger partial charge < -0.3 is 9.47 Å². The first kappa shape index (κ1) is 16.3. The van der Waals surface area contributed by atoms with Crippen molar-refractivity contribution in [1.29, 1.82) is 0 Å². The van der Waals surface area contributed by atoms with Gasteiger partial charge in [0, 0.05) is 24.7 Å². The van der Waals surface area contributed by atoms with E-state index in [4.69, 9.17) is 9.47 Å². The average Bonchev–Trinajstić information content (AvgIpc) is 2.34. The Kier molecular flexibility index (Phi) is 5.27. The molecule has 0 aromatic heterocycles. The average molecular weight is 270 g/mol. The van der Waals surface area contributed by atoms with Gasteiger partial charge >= 0.3 is 0 Å². The lowest BCUT2D eigenvalue weighted by Crippen LogP contribution is -2.49. The quantitative estimate of drug-likeness (QED) is 0.744. The minimum atomic E-state index is -0.639. The van der Waals surface area contributed by atoms with Gasteiger partial charge in [-0.2, -0.15) is 0 Å². The van der Waals surface area contributed by atoms with Gasteiger partial charge in [0.1, 0.15) is 11.6 Å². The second-order valence-corrected chi connectivity index (χ2v) is 6.18. The summed E-state index contributed by atoms with van der Waals surface area (Å²) in [5.74, 6) is -0.408. The van der Waals surface area contributed by atoms with Gasteiger partial charge in [0.15, 0.2) is 5.79 Å². The third-order valence-electron chi connectivity index (χ3n) is 3.80. The molecule has 1 aliphatic heterocycles. The van der Waals surface area contributed by atoms with E-state index in [0.29, 0.717) is 32.3 Å². The van der Waals surface area contributed by atoms with Crippen molar-refractivity contribution in [2.75, 3.05) is 6.61 Å². The third kappa shape index (κ3) is 4.39. The number of carbonyl (C=O) groups is 2. The summed E-state index contributed by atoms with van der Waals surface area (Å²) in [5, 5.41) is 0. The predicted octanol–water partition coefficient (Wildman–Crippen LogP) is 2.88. The fourth-order valence-electron chi connectivity index (χ4n) is 2.29. The molecule has 1 heterocycles. The number of ether oxygens (including phenoxy) is 2. The minimum absolute atomic E-state index is 0.0944. The second kappa shape index (κ2) is 6.14. The van der Waals surface area contributed by atoms with Crippen molar-refractivity contribution in [2.24, 2.45) is 5.41 Å². The van der Waals surface area contributed by atoms with Gasteiger partial charge in [0.25, 0.3) is 0 Å². The predicted molar refractivity (Wildman–Crippen MR) is 72.8 cm³/mol. The summed E-state index contributed by atoms with van der Waals surface area (Å²) >= 11 is 0. The Labute approximate surface area is 115 Å². The van der Waals surface area contributed by atoms with Crippen molar-refractivity contribution in [1.82, 2.24) is 0 Å². The van der Waals surface area contributed by atoms with E-state index in [2.05, 4.69) is 0 Å². The van der Waals surface area contributed by atoms with E-state index in [1.807, 2.05) is 34.6 Å². The summed E-state index contributed by atoms with van der Waals surface area (Å²) in [5.41, 5.74) is -0.574. The van der Waals surface area contributed by atoms with Crippen LogP contribution in [0.25, 0.3) is 0 Å². The van der Waals surface area contributed by atoms with Crippen molar-refractivity contribution in [3.63, 3.8) is 0 Å². The zero-order valence-electron chi connectivity index (χ0n) is 12.7. The lowest BCUT2D eigenvalue weighted by atomic mass is 9.78. The lowest BCUT2D eigenvalue weighted by molar-refractivity contribution is -0.288. The maximum atomic E-state index is 12.3. The highest BCUT2D eigenvalue weighted by molar-refractivity contribution is 5.89. The fourth-order valence-corrected chi connectivity index (χ4v) is 2.29. The molecule has 0 aliphatic carbocycles. The molecule has 1 atom stereocenters. The van der Waals surface area contributed by atoms with Crippen LogP contribution in [0, 0.1) is 5.41 Å². The van der Waals surface area contributed by atoms with E-state index in [0.717, 1.165) is 0 Å². The van der Waals surface area contributed by atoms with Gasteiger partial charge in [-0.05, 0) is 20.3 Å². The molecule has 1 fully saturated rings. The smallest absolute Gasteiger partial charge is 0.163 e. The molecule has 0 amide bonds. The summed E-state index contributed by atoms with van der Waals surface area (Å²) in [6, 6.07) is 0. The molecule has 19 heavy (non-hydrogen) atoms. The van der Waals surface area contributed by atoms with Gasteiger partial charge in [-0.15, -0.1) is 0 Å². The van der Waals surface area contributed by atoms with Crippen LogP contribution in [0.15, 0.2) is 0 Å². The topological polar surface area (TPSA) is 52.6 Å². The molecule has 1 saturated heterocycles. The van der Waals surface area contributed by atoms with Crippen LogP contribution >= 0.6 is 0 Å². The first-order valence-electron chi connectivity index (χ1n) is 7.06. The third-order valence-corrected chi connectivity index (χ3v) is 3.80.